The van der Waals surface area contributed by atoms with Crippen molar-refractivity contribution < 1.29 is 29.4 Å². The van der Waals surface area contributed by atoms with Crippen LogP contribution in [-0.4, -0.2) is 33.3 Å². The van der Waals surface area contributed by atoms with Crippen LogP contribution in [0.25, 0.3) is 0 Å². The van der Waals surface area contributed by atoms with Crippen molar-refractivity contribution in [3.63, 3.8) is 0 Å². The summed E-state index contributed by atoms with van der Waals surface area (Å²) in [5, 5.41) is 18.5. The summed E-state index contributed by atoms with van der Waals surface area (Å²) in [5.74, 6) is -3.29. The first-order valence-corrected chi connectivity index (χ1v) is 5.74. The van der Waals surface area contributed by atoms with Crippen molar-refractivity contribution in [1.29, 1.82) is 0 Å². The van der Waals surface area contributed by atoms with Gasteiger partial charge in [-0.1, -0.05) is 12.2 Å². The van der Waals surface area contributed by atoms with Crippen LogP contribution in [0.5, 0.6) is 0 Å². The number of rotatable bonds is 1. The monoisotopic (exact) mass is 274 g/mol. The van der Waals surface area contributed by atoms with Gasteiger partial charge in [0.25, 0.3) is 0 Å². The summed E-state index contributed by atoms with van der Waals surface area (Å²) < 4.78 is 0. The van der Waals surface area contributed by atoms with E-state index in [0.717, 1.165) is 12.2 Å². The molecule has 0 aromatic carbocycles. The first kappa shape index (κ1) is 13.7. The molecular weight excluding hydrogens is 264 g/mol. The SMILES string of the molecule is O=C1CC(=O)/C(=C\C=C2/C=C(O)C(=O)CC2=O)C=C1O. The second-order valence-corrected chi connectivity index (χ2v) is 4.35. The Bertz CT molecular complexity index is 599. The van der Waals surface area contributed by atoms with Gasteiger partial charge in [-0.25, -0.2) is 0 Å². The van der Waals surface area contributed by atoms with Crippen molar-refractivity contribution in [2.75, 3.05) is 0 Å². The second kappa shape index (κ2) is 5.08. The van der Waals surface area contributed by atoms with Crippen molar-refractivity contribution in [1.82, 2.24) is 0 Å². The zero-order chi connectivity index (χ0) is 14.9. The number of hydrogen-bond acceptors (Lipinski definition) is 6. The fraction of sp³-hybridized carbons (Fsp3) is 0.143. The molecule has 2 aliphatic carbocycles. The molecule has 102 valence electrons. The zero-order valence-electron chi connectivity index (χ0n) is 10.3. The molecule has 0 unspecified atom stereocenters. The highest BCUT2D eigenvalue weighted by Gasteiger charge is 2.24. The van der Waals surface area contributed by atoms with Gasteiger partial charge < -0.3 is 10.2 Å². The molecule has 0 radical (unpaired) electrons. The minimum atomic E-state index is -0.656. The van der Waals surface area contributed by atoms with Gasteiger partial charge in [0.2, 0.25) is 11.6 Å². The molecule has 0 saturated heterocycles. The highest BCUT2D eigenvalue weighted by Crippen LogP contribution is 2.18. The van der Waals surface area contributed by atoms with E-state index in [4.69, 9.17) is 0 Å². The largest absolute Gasteiger partial charge is 0.504 e. The van der Waals surface area contributed by atoms with Crippen LogP contribution >= 0.6 is 0 Å². The number of carbonyl (C=O) groups excluding carboxylic acids is 4. The summed E-state index contributed by atoms with van der Waals surface area (Å²) in [7, 11) is 0. The lowest BCUT2D eigenvalue weighted by Crippen LogP contribution is -2.18. The summed E-state index contributed by atoms with van der Waals surface area (Å²) in [6.07, 6.45) is 3.71. The smallest absolute Gasteiger partial charge is 0.204 e. The molecule has 0 amide bonds. The summed E-state index contributed by atoms with van der Waals surface area (Å²) in [6, 6.07) is 0. The molecule has 0 atom stereocenters. The van der Waals surface area contributed by atoms with Crippen molar-refractivity contribution in [2.45, 2.75) is 12.8 Å². The van der Waals surface area contributed by atoms with Crippen molar-refractivity contribution in [3.05, 3.63) is 47.0 Å². The molecule has 2 aliphatic rings. The van der Waals surface area contributed by atoms with Gasteiger partial charge in [0.05, 0.1) is 12.8 Å². The van der Waals surface area contributed by atoms with E-state index in [1.165, 1.54) is 12.2 Å². The Morgan fingerprint density at radius 1 is 0.700 bits per heavy atom. The maximum absolute atomic E-state index is 11.5. The molecule has 0 bridgehead atoms. The Morgan fingerprint density at radius 3 is 1.40 bits per heavy atom. The molecule has 0 aliphatic heterocycles. The second-order valence-electron chi connectivity index (χ2n) is 4.35. The third-order valence-electron chi connectivity index (χ3n) is 2.88. The van der Waals surface area contributed by atoms with Crippen LogP contribution < -0.4 is 0 Å². The van der Waals surface area contributed by atoms with Crippen LogP contribution in [-0.2, 0) is 19.2 Å². The van der Waals surface area contributed by atoms with Crippen molar-refractivity contribution in [2.24, 2.45) is 0 Å². The Labute approximate surface area is 113 Å². The third-order valence-corrected chi connectivity index (χ3v) is 2.88. The van der Waals surface area contributed by atoms with E-state index in [-0.39, 0.29) is 11.1 Å². The lowest BCUT2D eigenvalue weighted by Gasteiger charge is -2.09. The molecule has 0 aromatic heterocycles. The quantitative estimate of drug-likeness (QED) is 0.541. The van der Waals surface area contributed by atoms with Gasteiger partial charge in [0, 0.05) is 11.1 Å². The maximum Gasteiger partial charge on any atom is 0.204 e. The first-order chi connectivity index (χ1) is 9.38. The third kappa shape index (κ3) is 2.64. The minimum absolute atomic E-state index is 0.0761. The molecule has 2 N–H and O–H groups in total. The maximum atomic E-state index is 11.5. The van der Waals surface area contributed by atoms with Crippen LogP contribution in [0, 0.1) is 0 Å². The standard InChI is InChI=1S/C14H10O6/c15-9-5-13(19)11(17)3-7(9)1-2-8-4-12(18)14(20)6-10(8)16/h1-4,17-18H,5-6H2/b7-1-,8-2+. The molecule has 0 fully saturated rings. The summed E-state index contributed by atoms with van der Waals surface area (Å²) in [5.41, 5.74) is 0.152. The number of hydrogen-bond donors (Lipinski definition) is 2. The normalized spacial score (nSPS) is 24.2. The van der Waals surface area contributed by atoms with Gasteiger partial charge in [-0.3, -0.25) is 19.2 Å². The number of aliphatic hydroxyl groups is 2. The molecule has 6 nitrogen and oxygen atoms in total. The fourth-order valence-corrected chi connectivity index (χ4v) is 1.76. The predicted molar refractivity (Wildman–Crippen MR) is 66.9 cm³/mol. The molecule has 20 heavy (non-hydrogen) atoms. The molecule has 0 heterocycles. The van der Waals surface area contributed by atoms with Gasteiger partial charge in [-0.2, -0.15) is 0 Å². The topological polar surface area (TPSA) is 109 Å². The van der Waals surface area contributed by atoms with Gasteiger partial charge in [-0.15, -0.1) is 0 Å². The van der Waals surface area contributed by atoms with E-state index in [1.807, 2.05) is 0 Å². The minimum Gasteiger partial charge on any atom is -0.504 e. The van der Waals surface area contributed by atoms with E-state index in [0.29, 0.717) is 0 Å². The number of Topliss-reactive ketones (excluding diaryl/α,β-unsaturated/α-hetero) is 4. The molecule has 6 heteroatoms. The average Bonchev–Trinajstić information content (AvgIpc) is 2.37. The number of carbonyl (C=O) groups is 4. The average molecular weight is 274 g/mol. The van der Waals surface area contributed by atoms with Crippen LogP contribution in [0.3, 0.4) is 0 Å². The highest BCUT2D eigenvalue weighted by molar-refractivity contribution is 6.18. The summed E-state index contributed by atoms with van der Waals surface area (Å²) in [6.45, 7) is 0. The van der Waals surface area contributed by atoms with Gasteiger partial charge in [0.15, 0.2) is 23.1 Å². The van der Waals surface area contributed by atoms with E-state index in [1.54, 1.807) is 0 Å². The Balaban J connectivity index is 2.35. The van der Waals surface area contributed by atoms with E-state index in [2.05, 4.69) is 0 Å². The van der Waals surface area contributed by atoms with Gasteiger partial charge >= 0.3 is 0 Å². The zero-order valence-corrected chi connectivity index (χ0v) is 10.3. The highest BCUT2D eigenvalue weighted by atomic mass is 16.3. The van der Waals surface area contributed by atoms with Crippen molar-refractivity contribution >= 4 is 23.1 Å². The van der Waals surface area contributed by atoms with Gasteiger partial charge in [0.1, 0.15) is 0 Å². The Morgan fingerprint density at radius 2 is 1.05 bits per heavy atom. The Kier molecular flexibility index (Phi) is 3.47. The van der Waals surface area contributed by atoms with Crippen molar-refractivity contribution in [3.8, 4) is 0 Å². The molecule has 0 spiro atoms. The Hall–Kier alpha value is -2.76. The molecule has 2 rings (SSSR count). The number of ketones is 4. The molecule has 0 aromatic rings. The van der Waals surface area contributed by atoms with Crippen LogP contribution in [0.15, 0.2) is 47.0 Å². The number of allylic oxidation sites excluding steroid dienone is 8. The lowest BCUT2D eigenvalue weighted by molar-refractivity contribution is -0.126. The molecule has 0 saturated carbocycles. The van der Waals surface area contributed by atoms with E-state index in [9.17, 15) is 29.4 Å². The predicted octanol–water partition coefficient (Wildman–Crippen LogP) is 0.807. The van der Waals surface area contributed by atoms with E-state index >= 15 is 0 Å². The van der Waals surface area contributed by atoms with Crippen LogP contribution in [0.1, 0.15) is 12.8 Å². The number of aliphatic hydroxyl groups excluding tert-OH is 2. The van der Waals surface area contributed by atoms with Crippen LogP contribution in [0.2, 0.25) is 0 Å². The fourth-order valence-electron chi connectivity index (χ4n) is 1.76. The summed E-state index contributed by atoms with van der Waals surface area (Å²) in [4.78, 5) is 45.2. The first-order valence-electron chi connectivity index (χ1n) is 5.74. The lowest BCUT2D eigenvalue weighted by atomic mass is 9.95. The van der Waals surface area contributed by atoms with Crippen LogP contribution in [0.4, 0.5) is 0 Å². The van der Waals surface area contributed by atoms with Gasteiger partial charge in [-0.05, 0) is 12.2 Å². The summed E-state index contributed by atoms with van der Waals surface area (Å²) >= 11 is 0. The van der Waals surface area contributed by atoms with E-state index < -0.39 is 47.5 Å². The molecular formula is C14H10O6.